The zero-order valence-electron chi connectivity index (χ0n) is 10.6. The molecule has 6 heteroatoms. The summed E-state index contributed by atoms with van der Waals surface area (Å²) in [6, 6.07) is 3.01. The molecule has 1 heterocycles. The van der Waals surface area contributed by atoms with E-state index in [9.17, 15) is 19.8 Å². The second kappa shape index (κ2) is 5.27. The summed E-state index contributed by atoms with van der Waals surface area (Å²) >= 11 is 0. The van der Waals surface area contributed by atoms with Crippen LogP contribution in [-0.4, -0.2) is 48.3 Å². The van der Waals surface area contributed by atoms with Crippen molar-refractivity contribution >= 4 is 17.6 Å². The van der Waals surface area contributed by atoms with Gasteiger partial charge in [0.15, 0.2) is 0 Å². The van der Waals surface area contributed by atoms with Crippen molar-refractivity contribution in [2.24, 2.45) is 0 Å². The summed E-state index contributed by atoms with van der Waals surface area (Å²) < 4.78 is 0. The van der Waals surface area contributed by atoms with E-state index in [0.29, 0.717) is 37.4 Å². The minimum absolute atomic E-state index is 0.0462. The summed E-state index contributed by atoms with van der Waals surface area (Å²) in [5.74, 6) is -2.19. The van der Waals surface area contributed by atoms with E-state index in [1.807, 2.05) is 4.90 Å². The number of anilines is 1. The van der Waals surface area contributed by atoms with Crippen LogP contribution in [0.2, 0.25) is 0 Å². The first-order valence-electron chi connectivity index (χ1n) is 6.08. The minimum Gasteiger partial charge on any atom is -0.478 e. The van der Waals surface area contributed by atoms with E-state index in [4.69, 9.17) is 0 Å². The van der Waals surface area contributed by atoms with Crippen LogP contribution in [0.1, 0.15) is 26.3 Å². The zero-order valence-corrected chi connectivity index (χ0v) is 10.6. The number of aryl methyl sites for hydroxylation is 1. The number of carboxylic acids is 2. The van der Waals surface area contributed by atoms with Gasteiger partial charge in [-0.3, -0.25) is 0 Å². The van der Waals surface area contributed by atoms with E-state index < -0.39 is 11.9 Å². The molecule has 1 aliphatic heterocycles. The van der Waals surface area contributed by atoms with Gasteiger partial charge in [-0.25, -0.2) is 9.59 Å². The van der Waals surface area contributed by atoms with Crippen LogP contribution in [0.3, 0.4) is 0 Å². The van der Waals surface area contributed by atoms with Gasteiger partial charge in [-0.15, -0.1) is 0 Å². The van der Waals surface area contributed by atoms with Crippen molar-refractivity contribution in [3.8, 4) is 0 Å². The quantitative estimate of drug-likeness (QED) is 0.748. The third kappa shape index (κ3) is 2.53. The molecule has 102 valence electrons. The standard InChI is InChI=1S/C13H16N2O4/c1-8-2-3-9(12(16)17)11(10(8)13(18)19)15-6-4-14-5-7-15/h2-3,14H,4-7H2,1H3,(H,16,17)(H,18,19). The van der Waals surface area contributed by atoms with Gasteiger partial charge in [-0.05, 0) is 18.6 Å². The summed E-state index contributed by atoms with van der Waals surface area (Å²) in [5.41, 5.74) is 1.03. The van der Waals surface area contributed by atoms with Gasteiger partial charge in [-0.2, -0.15) is 0 Å². The van der Waals surface area contributed by atoms with Crippen LogP contribution >= 0.6 is 0 Å². The fraction of sp³-hybridized carbons (Fsp3) is 0.385. The molecule has 0 unspecified atom stereocenters. The van der Waals surface area contributed by atoms with Crippen molar-refractivity contribution in [2.75, 3.05) is 31.1 Å². The SMILES string of the molecule is Cc1ccc(C(=O)O)c(N2CCNCC2)c1C(=O)O. The summed E-state index contributed by atoms with van der Waals surface area (Å²) in [7, 11) is 0. The molecule has 0 bridgehead atoms. The highest BCUT2D eigenvalue weighted by Gasteiger charge is 2.25. The number of nitrogens with zero attached hydrogens (tertiary/aromatic N) is 1. The summed E-state index contributed by atoms with van der Waals surface area (Å²) in [5, 5.41) is 21.8. The van der Waals surface area contributed by atoms with Crippen molar-refractivity contribution < 1.29 is 19.8 Å². The van der Waals surface area contributed by atoms with E-state index in [1.54, 1.807) is 13.0 Å². The van der Waals surface area contributed by atoms with Crippen LogP contribution < -0.4 is 10.2 Å². The van der Waals surface area contributed by atoms with Gasteiger partial charge in [0.2, 0.25) is 0 Å². The number of hydrogen-bond acceptors (Lipinski definition) is 4. The van der Waals surface area contributed by atoms with Crippen molar-refractivity contribution in [2.45, 2.75) is 6.92 Å². The summed E-state index contributed by atoms with van der Waals surface area (Å²) in [4.78, 5) is 24.6. The molecular weight excluding hydrogens is 248 g/mol. The van der Waals surface area contributed by atoms with Crippen LogP contribution in [0.25, 0.3) is 0 Å². The minimum atomic E-state index is -1.10. The molecule has 0 aliphatic carbocycles. The molecule has 1 aromatic carbocycles. The van der Waals surface area contributed by atoms with Gasteiger partial charge in [0.05, 0.1) is 16.8 Å². The molecule has 19 heavy (non-hydrogen) atoms. The Morgan fingerprint density at radius 3 is 2.32 bits per heavy atom. The van der Waals surface area contributed by atoms with E-state index >= 15 is 0 Å². The Hall–Kier alpha value is -2.08. The van der Waals surface area contributed by atoms with Gasteiger partial charge in [0, 0.05) is 26.2 Å². The highest BCUT2D eigenvalue weighted by atomic mass is 16.4. The number of nitrogens with one attached hydrogen (secondary N) is 1. The molecule has 1 fully saturated rings. The lowest BCUT2D eigenvalue weighted by molar-refractivity contribution is 0.0695. The predicted molar refractivity (Wildman–Crippen MR) is 70.2 cm³/mol. The van der Waals surface area contributed by atoms with Crippen LogP contribution in [0, 0.1) is 6.92 Å². The Labute approximate surface area is 110 Å². The molecule has 2 rings (SSSR count). The number of aromatic carboxylic acids is 2. The molecule has 0 saturated carbocycles. The second-order valence-electron chi connectivity index (χ2n) is 4.50. The average Bonchev–Trinajstić information content (AvgIpc) is 2.38. The lowest BCUT2D eigenvalue weighted by Gasteiger charge is -2.32. The fourth-order valence-electron chi connectivity index (χ4n) is 2.35. The molecule has 3 N–H and O–H groups in total. The molecule has 0 amide bonds. The smallest absolute Gasteiger partial charge is 0.338 e. The maximum atomic E-state index is 11.4. The summed E-state index contributed by atoms with van der Waals surface area (Å²) in [6.45, 7) is 4.31. The lowest BCUT2D eigenvalue weighted by atomic mass is 10.00. The Bertz CT molecular complexity index is 522. The average molecular weight is 264 g/mol. The fourth-order valence-corrected chi connectivity index (χ4v) is 2.35. The topological polar surface area (TPSA) is 89.9 Å². The Morgan fingerprint density at radius 2 is 1.79 bits per heavy atom. The predicted octanol–water partition coefficient (Wildman–Crippen LogP) is 0.801. The van der Waals surface area contributed by atoms with Gasteiger partial charge < -0.3 is 20.4 Å². The highest BCUT2D eigenvalue weighted by Crippen LogP contribution is 2.29. The molecule has 0 radical (unpaired) electrons. The molecular formula is C13H16N2O4. The van der Waals surface area contributed by atoms with Gasteiger partial charge >= 0.3 is 11.9 Å². The first-order valence-corrected chi connectivity index (χ1v) is 6.08. The monoisotopic (exact) mass is 264 g/mol. The van der Waals surface area contributed by atoms with Crippen LogP contribution in [0.15, 0.2) is 12.1 Å². The largest absolute Gasteiger partial charge is 0.478 e. The van der Waals surface area contributed by atoms with Gasteiger partial charge in [0.1, 0.15) is 0 Å². The lowest BCUT2D eigenvalue weighted by Crippen LogP contribution is -2.44. The summed E-state index contributed by atoms with van der Waals surface area (Å²) in [6.07, 6.45) is 0. The molecule has 6 nitrogen and oxygen atoms in total. The number of benzene rings is 1. The zero-order chi connectivity index (χ0) is 14.0. The Morgan fingerprint density at radius 1 is 1.16 bits per heavy atom. The molecule has 1 aliphatic rings. The first kappa shape index (κ1) is 13.4. The highest BCUT2D eigenvalue weighted by molar-refractivity contribution is 6.04. The maximum Gasteiger partial charge on any atom is 0.338 e. The Kier molecular flexibility index (Phi) is 3.71. The molecule has 0 atom stereocenters. The van der Waals surface area contributed by atoms with Crippen molar-refractivity contribution in [1.29, 1.82) is 0 Å². The van der Waals surface area contributed by atoms with Gasteiger partial charge in [-0.1, -0.05) is 6.07 Å². The maximum absolute atomic E-state index is 11.4. The number of hydrogen-bond donors (Lipinski definition) is 3. The number of rotatable bonds is 3. The van der Waals surface area contributed by atoms with E-state index in [1.165, 1.54) is 6.07 Å². The number of carboxylic acid groups (broad SMARTS) is 2. The van der Waals surface area contributed by atoms with Crippen LogP contribution in [0.4, 0.5) is 5.69 Å². The third-order valence-corrected chi connectivity index (χ3v) is 3.26. The molecule has 1 saturated heterocycles. The van der Waals surface area contributed by atoms with E-state index in [2.05, 4.69) is 5.32 Å². The van der Waals surface area contributed by atoms with E-state index in [0.717, 1.165) is 0 Å². The first-order chi connectivity index (χ1) is 9.02. The second-order valence-corrected chi connectivity index (χ2v) is 4.50. The van der Waals surface area contributed by atoms with Crippen molar-refractivity contribution in [1.82, 2.24) is 5.32 Å². The molecule has 1 aromatic rings. The van der Waals surface area contributed by atoms with E-state index in [-0.39, 0.29) is 11.1 Å². The Balaban J connectivity index is 2.61. The van der Waals surface area contributed by atoms with Crippen molar-refractivity contribution in [3.63, 3.8) is 0 Å². The molecule has 0 spiro atoms. The van der Waals surface area contributed by atoms with Crippen LogP contribution in [-0.2, 0) is 0 Å². The normalized spacial score (nSPS) is 15.3. The van der Waals surface area contributed by atoms with Gasteiger partial charge in [0.25, 0.3) is 0 Å². The van der Waals surface area contributed by atoms with Crippen LogP contribution in [0.5, 0.6) is 0 Å². The molecule has 0 aromatic heterocycles. The number of carbonyl (C=O) groups is 2. The van der Waals surface area contributed by atoms with Crippen molar-refractivity contribution in [3.05, 3.63) is 28.8 Å². The third-order valence-electron chi connectivity index (χ3n) is 3.26. The number of piperazine rings is 1.